The topological polar surface area (TPSA) is 59.1 Å². The summed E-state index contributed by atoms with van der Waals surface area (Å²) in [4.78, 5) is 4.11. The molecule has 0 bridgehead atoms. The first-order chi connectivity index (χ1) is 8.65. The Balaban J connectivity index is 2.47. The molecule has 0 radical (unpaired) electrons. The van der Waals surface area contributed by atoms with Gasteiger partial charge < -0.3 is 10.8 Å². The first-order valence-corrected chi connectivity index (χ1v) is 6.36. The molecule has 0 fully saturated rings. The van der Waals surface area contributed by atoms with Crippen molar-refractivity contribution in [2.24, 2.45) is 17.6 Å². The SMILES string of the molecule is CC(C)C(CN)C(O)c1cccc2cnccc12. The quantitative estimate of drug-likeness (QED) is 0.868. The van der Waals surface area contributed by atoms with Crippen molar-refractivity contribution in [1.29, 1.82) is 0 Å². The van der Waals surface area contributed by atoms with E-state index >= 15 is 0 Å². The fraction of sp³-hybridized carbons (Fsp3) is 0.400. The summed E-state index contributed by atoms with van der Waals surface area (Å²) >= 11 is 0. The number of benzene rings is 1. The van der Waals surface area contributed by atoms with Crippen molar-refractivity contribution < 1.29 is 5.11 Å². The van der Waals surface area contributed by atoms with E-state index in [0.717, 1.165) is 16.3 Å². The summed E-state index contributed by atoms with van der Waals surface area (Å²) in [5.74, 6) is 0.422. The molecule has 18 heavy (non-hydrogen) atoms. The molecule has 0 aliphatic carbocycles. The van der Waals surface area contributed by atoms with Crippen LogP contribution >= 0.6 is 0 Å². The zero-order valence-electron chi connectivity index (χ0n) is 10.9. The van der Waals surface area contributed by atoms with E-state index in [1.165, 1.54) is 0 Å². The molecule has 96 valence electrons. The number of rotatable bonds is 4. The van der Waals surface area contributed by atoms with E-state index in [0.29, 0.717) is 12.5 Å². The molecule has 0 amide bonds. The summed E-state index contributed by atoms with van der Waals surface area (Å²) in [5, 5.41) is 12.7. The average Bonchev–Trinajstić information content (AvgIpc) is 2.38. The Morgan fingerprint density at radius 2 is 2.06 bits per heavy atom. The third kappa shape index (κ3) is 2.37. The maximum atomic E-state index is 10.5. The summed E-state index contributed by atoms with van der Waals surface area (Å²) in [6.07, 6.45) is 3.05. The van der Waals surface area contributed by atoms with Gasteiger partial charge in [0.25, 0.3) is 0 Å². The number of nitrogens with zero attached hydrogens (tertiary/aromatic N) is 1. The highest BCUT2D eigenvalue weighted by Gasteiger charge is 2.23. The standard InChI is InChI=1S/C15H20N2O/c1-10(2)14(8-16)15(18)13-5-3-4-11-9-17-7-6-12(11)13/h3-7,9-10,14-15,18H,8,16H2,1-2H3. The number of nitrogens with two attached hydrogens (primary N) is 1. The van der Waals surface area contributed by atoms with Crippen LogP contribution in [0.15, 0.2) is 36.7 Å². The zero-order chi connectivity index (χ0) is 13.1. The first-order valence-electron chi connectivity index (χ1n) is 6.36. The van der Waals surface area contributed by atoms with Crippen LogP contribution in [0.5, 0.6) is 0 Å². The molecule has 0 saturated heterocycles. The van der Waals surface area contributed by atoms with Gasteiger partial charge in [0.2, 0.25) is 0 Å². The number of fused-ring (bicyclic) bond motifs is 1. The van der Waals surface area contributed by atoms with E-state index < -0.39 is 6.10 Å². The molecule has 2 aromatic rings. The van der Waals surface area contributed by atoms with Gasteiger partial charge in [-0.2, -0.15) is 0 Å². The normalized spacial score (nSPS) is 14.9. The predicted octanol–water partition coefficient (Wildman–Crippen LogP) is 2.50. The van der Waals surface area contributed by atoms with Gasteiger partial charge in [0.1, 0.15) is 0 Å². The Labute approximate surface area is 108 Å². The monoisotopic (exact) mass is 244 g/mol. The van der Waals surface area contributed by atoms with Crippen molar-refractivity contribution in [3.63, 3.8) is 0 Å². The van der Waals surface area contributed by atoms with Crippen molar-refractivity contribution in [2.75, 3.05) is 6.54 Å². The molecule has 0 saturated carbocycles. The Morgan fingerprint density at radius 1 is 1.28 bits per heavy atom. The average molecular weight is 244 g/mol. The minimum Gasteiger partial charge on any atom is -0.388 e. The maximum absolute atomic E-state index is 10.5. The molecule has 2 atom stereocenters. The van der Waals surface area contributed by atoms with Crippen molar-refractivity contribution in [2.45, 2.75) is 20.0 Å². The molecule has 1 aromatic heterocycles. The highest BCUT2D eigenvalue weighted by molar-refractivity contribution is 5.85. The summed E-state index contributed by atoms with van der Waals surface area (Å²) in [5.41, 5.74) is 6.73. The number of hydrogen-bond acceptors (Lipinski definition) is 3. The summed E-state index contributed by atoms with van der Waals surface area (Å²) in [6, 6.07) is 7.88. The molecule has 2 rings (SSSR count). The summed E-state index contributed by atoms with van der Waals surface area (Å²) in [7, 11) is 0. The molecular weight excluding hydrogens is 224 g/mol. The molecule has 3 heteroatoms. The summed E-state index contributed by atoms with van der Waals surface area (Å²) < 4.78 is 0. The van der Waals surface area contributed by atoms with E-state index in [9.17, 15) is 5.11 Å². The summed E-state index contributed by atoms with van der Waals surface area (Å²) in [6.45, 7) is 4.67. The minimum absolute atomic E-state index is 0.0729. The molecule has 1 aromatic carbocycles. The smallest absolute Gasteiger partial charge is 0.0838 e. The van der Waals surface area contributed by atoms with Crippen molar-refractivity contribution in [3.8, 4) is 0 Å². The third-order valence-corrected chi connectivity index (χ3v) is 3.57. The molecule has 0 aliphatic rings. The van der Waals surface area contributed by atoms with Crippen molar-refractivity contribution in [3.05, 3.63) is 42.2 Å². The predicted molar refractivity (Wildman–Crippen MR) is 74.1 cm³/mol. The Bertz CT molecular complexity index is 519. The van der Waals surface area contributed by atoms with E-state index in [2.05, 4.69) is 18.8 Å². The Kier molecular flexibility index (Phi) is 3.94. The lowest BCUT2D eigenvalue weighted by molar-refractivity contribution is 0.0874. The number of aromatic nitrogens is 1. The van der Waals surface area contributed by atoms with Crippen LogP contribution in [-0.2, 0) is 0 Å². The molecular formula is C15H20N2O. The maximum Gasteiger partial charge on any atom is 0.0838 e. The molecule has 0 spiro atoms. The number of pyridine rings is 1. The number of aliphatic hydroxyl groups excluding tert-OH is 1. The Morgan fingerprint density at radius 3 is 2.72 bits per heavy atom. The second kappa shape index (κ2) is 5.46. The second-order valence-corrected chi connectivity index (χ2v) is 5.03. The number of aliphatic hydroxyl groups is 1. The minimum atomic E-state index is -0.527. The van der Waals surface area contributed by atoms with Crippen LogP contribution in [0, 0.1) is 11.8 Å². The van der Waals surface area contributed by atoms with Crippen LogP contribution in [0.25, 0.3) is 10.8 Å². The van der Waals surface area contributed by atoms with Crippen LogP contribution in [0.4, 0.5) is 0 Å². The van der Waals surface area contributed by atoms with Crippen LogP contribution < -0.4 is 5.73 Å². The van der Waals surface area contributed by atoms with Gasteiger partial charge in [-0.3, -0.25) is 4.98 Å². The van der Waals surface area contributed by atoms with Gasteiger partial charge in [-0.05, 0) is 29.5 Å². The molecule has 3 N–H and O–H groups in total. The van der Waals surface area contributed by atoms with Gasteiger partial charge in [0.15, 0.2) is 0 Å². The van der Waals surface area contributed by atoms with Crippen LogP contribution in [0.2, 0.25) is 0 Å². The first kappa shape index (κ1) is 13.0. The molecule has 1 heterocycles. The Hall–Kier alpha value is -1.45. The second-order valence-electron chi connectivity index (χ2n) is 5.03. The van der Waals surface area contributed by atoms with E-state index in [4.69, 9.17) is 5.73 Å². The highest BCUT2D eigenvalue weighted by atomic mass is 16.3. The van der Waals surface area contributed by atoms with Gasteiger partial charge in [0.05, 0.1) is 6.10 Å². The van der Waals surface area contributed by atoms with E-state index in [1.54, 1.807) is 6.20 Å². The van der Waals surface area contributed by atoms with Gasteiger partial charge in [0, 0.05) is 23.7 Å². The van der Waals surface area contributed by atoms with Crippen molar-refractivity contribution in [1.82, 2.24) is 4.98 Å². The zero-order valence-corrected chi connectivity index (χ0v) is 10.9. The van der Waals surface area contributed by atoms with Gasteiger partial charge in [-0.15, -0.1) is 0 Å². The fourth-order valence-electron chi connectivity index (χ4n) is 2.40. The lowest BCUT2D eigenvalue weighted by Gasteiger charge is -2.26. The van der Waals surface area contributed by atoms with Crippen LogP contribution in [-0.4, -0.2) is 16.6 Å². The number of hydrogen-bond donors (Lipinski definition) is 2. The highest BCUT2D eigenvalue weighted by Crippen LogP contribution is 2.31. The van der Waals surface area contributed by atoms with Gasteiger partial charge in [-0.1, -0.05) is 32.0 Å². The van der Waals surface area contributed by atoms with Crippen molar-refractivity contribution >= 4 is 10.8 Å². The fourth-order valence-corrected chi connectivity index (χ4v) is 2.40. The van der Waals surface area contributed by atoms with Crippen LogP contribution in [0.1, 0.15) is 25.5 Å². The molecule has 0 aliphatic heterocycles. The van der Waals surface area contributed by atoms with Gasteiger partial charge >= 0.3 is 0 Å². The molecule has 2 unspecified atom stereocenters. The van der Waals surface area contributed by atoms with E-state index in [-0.39, 0.29) is 5.92 Å². The largest absolute Gasteiger partial charge is 0.388 e. The lowest BCUT2D eigenvalue weighted by atomic mass is 9.85. The van der Waals surface area contributed by atoms with Gasteiger partial charge in [-0.25, -0.2) is 0 Å². The van der Waals surface area contributed by atoms with E-state index in [1.807, 2.05) is 30.5 Å². The van der Waals surface area contributed by atoms with Crippen LogP contribution in [0.3, 0.4) is 0 Å². The lowest BCUT2D eigenvalue weighted by Crippen LogP contribution is -2.26. The third-order valence-electron chi connectivity index (χ3n) is 3.57. The molecule has 3 nitrogen and oxygen atoms in total.